The number of piperazine rings is 1. The van der Waals surface area contributed by atoms with Crippen LogP contribution in [0.1, 0.15) is 30.9 Å². The van der Waals surface area contributed by atoms with Crippen LogP contribution in [-0.4, -0.2) is 60.3 Å². The minimum absolute atomic E-state index is 0.242. The molecule has 0 spiro atoms. The normalized spacial score (nSPS) is 18.3. The highest BCUT2D eigenvalue weighted by molar-refractivity contribution is 5.33. The Bertz CT molecular complexity index is 692. The zero-order valence-corrected chi connectivity index (χ0v) is 17.1. The summed E-state index contributed by atoms with van der Waals surface area (Å²) in [5, 5.41) is 9.58. The standard InChI is InChI=1S/C24H34N2O2/c1-2-28-24-13-7-6-12-22(24)19-26-17-16-25(20-23(26)14-18-27)15-8-11-21-9-4-3-5-10-21/h3-7,9-10,12-13,23,27H,2,8,11,14-20H2,1H3/t23-/m0/s1. The Morgan fingerprint density at radius 2 is 1.82 bits per heavy atom. The molecule has 1 N–H and O–H groups in total. The van der Waals surface area contributed by atoms with Gasteiger partial charge in [0.05, 0.1) is 6.61 Å². The maximum absolute atomic E-state index is 9.58. The average molecular weight is 383 g/mol. The molecule has 1 aliphatic rings. The van der Waals surface area contributed by atoms with Crippen LogP contribution in [0.15, 0.2) is 54.6 Å². The Morgan fingerprint density at radius 1 is 1.04 bits per heavy atom. The zero-order chi connectivity index (χ0) is 19.6. The molecule has 0 unspecified atom stereocenters. The summed E-state index contributed by atoms with van der Waals surface area (Å²) in [6.07, 6.45) is 3.14. The third-order valence-corrected chi connectivity index (χ3v) is 5.58. The number of nitrogens with zero attached hydrogens (tertiary/aromatic N) is 2. The van der Waals surface area contributed by atoms with Gasteiger partial charge in [-0.1, -0.05) is 48.5 Å². The van der Waals surface area contributed by atoms with Gasteiger partial charge in [0.25, 0.3) is 0 Å². The van der Waals surface area contributed by atoms with Crippen molar-refractivity contribution in [1.82, 2.24) is 9.80 Å². The first-order valence-corrected chi connectivity index (χ1v) is 10.6. The molecule has 0 amide bonds. The lowest BCUT2D eigenvalue weighted by molar-refractivity contribution is 0.0527. The summed E-state index contributed by atoms with van der Waals surface area (Å²) in [6.45, 7) is 8.13. The first-order chi connectivity index (χ1) is 13.8. The monoisotopic (exact) mass is 382 g/mol. The molecule has 1 atom stereocenters. The Labute approximate surface area is 169 Å². The fraction of sp³-hybridized carbons (Fsp3) is 0.500. The van der Waals surface area contributed by atoms with Gasteiger partial charge in [0.2, 0.25) is 0 Å². The number of rotatable bonds is 10. The predicted octanol–water partition coefficient (Wildman–Crippen LogP) is 3.59. The van der Waals surface area contributed by atoms with Gasteiger partial charge in [-0.3, -0.25) is 4.90 Å². The Kier molecular flexibility index (Phi) is 8.34. The van der Waals surface area contributed by atoms with E-state index in [1.165, 1.54) is 17.5 Å². The highest BCUT2D eigenvalue weighted by Gasteiger charge is 2.27. The van der Waals surface area contributed by atoms with Crippen molar-refractivity contribution in [3.05, 3.63) is 65.7 Å². The van der Waals surface area contributed by atoms with E-state index in [1.807, 2.05) is 13.0 Å². The Hall–Kier alpha value is -1.88. The summed E-state index contributed by atoms with van der Waals surface area (Å²) in [4.78, 5) is 5.08. The van der Waals surface area contributed by atoms with Gasteiger partial charge in [0.15, 0.2) is 0 Å². The molecule has 0 aromatic heterocycles. The summed E-state index contributed by atoms with van der Waals surface area (Å²) in [5.74, 6) is 0.984. The summed E-state index contributed by atoms with van der Waals surface area (Å²) in [7, 11) is 0. The van der Waals surface area contributed by atoms with Gasteiger partial charge < -0.3 is 14.7 Å². The molecule has 2 aromatic carbocycles. The molecule has 4 nitrogen and oxygen atoms in total. The van der Waals surface area contributed by atoms with Gasteiger partial charge >= 0.3 is 0 Å². The second-order valence-electron chi connectivity index (χ2n) is 7.57. The van der Waals surface area contributed by atoms with Crippen LogP contribution in [0.4, 0.5) is 0 Å². The first-order valence-electron chi connectivity index (χ1n) is 10.6. The van der Waals surface area contributed by atoms with Crippen molar-refractivity contribution < 1.29 is 9.84 Å². The van der Waals surface area contributed by atoms with Crippen molar-refractivity contribution in [3.8, 4) is 5.75 Å². The van der Waals surface area contributed by atoms with Crippen molar-refractivity contribution in [2.45, 2.75) is 38.8 Å². The molecular formula is C24H34N2O2. The summed E-state index contributed by atoms with van der Waals surface area (Å²) >= 11 is 0. The highest BCUT2D eigenvalue weighted by Crippen LogP contribution is 2.23. The minimum Gasteiger partial charge on any atom is -0.494 e. The van der Waals surface area contributed by atoms with E-state index in [-0.39, 0.29) is 6.61 Å². The number of hydrogen-bond donors (Lipinski definition) is 1. The largest absolute Gasteiger partial charge is 0.494 e. The molecule has 152 valence electrons. The summed E-state index contributed by atoms with van der Waals surface area (Å²) in [6, 6.07) is 19.5. The van der Waals surface area contributed by atoms with Crippen molar-refractivity contribution in [2.24, 2.45) is 0 Å². The second kappa shape index (κ2) is 11.2. The van der Waals surface area contributed by atoms with Crippen LogP contribution in [0.5, 0.6) is 5.75 Å². The third kappa shape index (κ3) is 6.06. The lowest BCUT2D eigenvalue weighted by atomic mass is 10.1. The van der Waals surface area contributed by atoms with Gasteiger partial charge in [0, 0.05) is 44.4 Å². The van der Waals surface area contributed by atoms with Crippen LogP contribution < -0.4 is 4.74 Å². The molecule has 1 heterocycles. The quantitative estimate of drug-likeness (QED) is 0.681. The molecule has 4 heteroatoms. The number of benzene rings is 2. The Balaban J connectivity index is 1.54. The van der Waals surface area contributed by atoms with Crippen LogP contribution in [0.3, 0.4) is 0 Å². The van der Waals surface area contributed by atoms with Crippen LogP contribution in [0, 0.1) is 0 Å². The molecule has 1 saturated heterocycles. The fourth-order valence-corrected chi connectivity index (χ4v) is 4.09. The van der Waals surface area contributed by atoms with Crippen LogP contribution >= 0.6 is 0 Å². The van der Waals surface area contributed by atoms with Gasteiger partial charge in [0.1, 0.15) is 5.75 Å². The van der Waals surface area contributed by atoms with Gasteiger partial charge in [-0.2, -0.15) is 0 Å². The Morgan fingerprint density at radius 3 is 2.61 bits per heavy atom. The van der Waals surface area contributed by atoms with E-state index in [0.717, 1.165) is 51.3 Å². The average Bonchev–Trinajstić information content (AvgIpc) is 2.72. The molecule has 0 saturated carbocycles. The molecule has 3 rings (SSSR count). The van der Waals surface area contributed by atoms with E-state index in [4.69, 9.17) is 4.74 Å². The first kappa shape index (κ1) is 20.8. The molecule has 1 fully saturated rings. The molecule has 28 heavy (non-hydrogen) atoms. The number of aliphatic hydroxyl groups excluding tert-OH is 1. The summed E-state index contributed by atoms with van der Waals surface area (Å²) in [5.41, 5.74) is 2.66. The number of para-hydroxylation sites is 1. The molecular weight excluding hydrogens is 348 g/mol. The van der Waals surface area contributed by atoms with Crippen LogP contribution in [0.25, 0.3) is 0 Å². The SMILES string of the molecule is CCOc1ccccc1CN1CCN(CCCc2ccccc2)C[C@@H]1CCO. The van der Waals surface area contributed by atoms with Crippen molar-refractivity contribution >= 4 is 0 Å². The smallest absolute Gasteiger partial charge is 0.123 e. The molecule has 1 aliphatic heterocycles. The molecule has 0 bridgehead atoms. The summed E-state index contributed by atoms with van der Waals surface area (Å²) < 4.78 is 5.80. The zero-order valence-electron chi connectivity index (χ0n) is 17.1. The topological polar surface area (TPSA) is 35.9 Å². The maximum atomic E-state index is 9.58. The molecule has 0 aliphatic carbocycles. The third-order valence-electron chi connectivity index (χ3n) is 5.58. The van der Waals surface area contributed by atoms with Crippen LogP contribution in [-0.2, 0) is 13.0 Å². The fourth-order valence-electron chi connectivity index (χ4n) is 4.09. The van der Waals surface area contributed by atoms with Gasteiger partial charge in [-0.15, -0.1) is 0 Å². The number of ether oxygens (including phenoxy) is 1. The van der Waals surface area contributed by atoms with E-state index in [1.54, 1.807) is 0 Å². The second-order valence-corrected chi connectivity index (χ2v) is 7.57. The van der Waals surface area contributed by atoms with Crippen molar-refractivity contribution in [3.63, 3.8) is 0 Å². The molecule has 2 aromatic rings. The number of hydrogen-bond acceptors (Lipinski definition) is 4. The van der Waals surface area contributed by atoms with E-state index in [0.29, 0.717) is 12.6 Å². The van der Waals surface area contributed by atoms with Crippen molar-refractivity contribution in [1.29, 1.82) is 0 Å². The van der Waals surface area contributed by atoms with Crippen LogP contribution in [0.2, 0.25) is 0 Å². The van der Waals surface area contributed by atoms with E-state index in [2.05, 4.69) is 58.3 Å². The number of aryl methyl sites for hydroxylation is 1. The lowest BCUT2D eigenvalue weighted by Crippen LogP contribution is -2.53. The van der Waals surface area contributed by atoms with Crippen molar-refractivity contribution in [2.75, 3.05) is 39.4 Å². The number of aliphatic hydroxyl groups is 1. The minimum atomic E-state index is 0.242. The molecule has 0 radical (unpaired) electrons. The van der Waals surface area contributed by atoms with E-state index < -0.39 is 0 Å². The highest BCUT2D eigenvalue weighted by atomic mass is 16.5. The van der Waals surface area contributed by atoms with Gasteiger partial charge in [-0.25, -0.2) is 0 Å². The van der Waals surface area contributed by atoms with E-state index in [9.17, 15) is 5.11 Å². The maximum Gasteiger partial charge on any atom is 0.123 e. The van der Waals surface area contributed by atoms with Gasteiger partial charge in [-0.05, 0) is 44.4 Å². The predicted molar refractivity (Wildman–Crippen MR) is 115 cm³/mol. The van der Waals surface area contributed by atoms with E-state index >= 15 is 0 Å². The lowest BCUT2D eigenvalue weighted by Gasteiger charge is -2.41.